The van der Waals surface area contributed by atoms with Crippen LogP contribution in [-0.4, -0.2) is 86.9 Å². The minimum absolute atomic E-state index is 0.625. The smallest absolute Gasteiger partial charge is 0.326 e. The summed E-state index contributed by atoms with van der Waals surface area (Å²) in [6, 6.07) is -7.14. The molecule has 12 N–H and O–H groups in total. The second-order valence-electron chi connectivity index (χ2n) is 6.66. The first-order chi connectivity index (χ1) is 15.1. The first-order valence-corrected chi connectivity index (χ1v) is 9.03. The molecule has 0 fully saturated rings. The van der Waals surface area contributed by atoms with Crippen molar-refractivity contribution in [1.82, 2.24) is 16.0 Å². The largest absolute Gasteiger partial charge is 0.481 e. The van der Waals surface area contributed by atoms with Crippen molar-refractivity contribution in [1.29, 1.82) is 0 Å². The van der Waals surface area contributed by atoms with Crippen LogP contribution in [0.5, 0.6) is 0 Å². The summed E-state index contributed by atoms with van der Waals surface area (Å²) in [6.45, 7) is 0. The van der Waals surface area contributed by atoms with Crippen LogP contribution < -0.4 is 33.2 Å². The van der Waals surface area contributed by atoms with Gasteiger partial charge in [-0.05, 0) is 0 Å². The zero-order chi connectivity index (χ0) is 25.9. The van der Waals surface area contributed by atoms with Gasteiger partial charge >= 0.3 is 17.9 Å². The van der Waals surface area contributed by atoms with Gasteiger partial charge in [-0.25, -0.2) is 4.79 Å². The highest BCUT2D eigenvalue weighted by Crippen LogP contribution is 2.02. The summed E-state index contributed by atoms with van der Waals surface area (Å²) in [7, 11) is 0. The van der Waals surface area contributed by atoms with Crippen molar-refractivity contribution in [2.24, 2.45) is 17.2 Å². The molecule has 0 aromatic carbocycles. The Hall–Kier alpha value is -4.28. The van der Waals surface area contributed by atoms with Gasteiger partial charge in [0, 0.05) is 0 Å². The van der Waals surface area contributed by atoms with Gasteiger partial charge in [-0.3, -0.25) is 33.6 Å². The van der Waals surface area contributed by atoms with E-state index < -0.39 is 97.3 Å². The molecule has 0 radical (unpaired) electrons. The van der Waals surface area contributed by atoms with E-state index >= 15 is 0 Å². The first-order valence-electron chi connectivity index (χ1n) is 9.03. The Kier molecular flexibility index (Phi) is 11.5. The van der Waals surface area contributed by atoms with Gasteiger partial charge < -0.3 is 48.5 Å². The fourth-order valence-electron chi connectivity index (χ4n) is 2.30. The Bertz CT molecular complexity index is 830. The van der Waals surface area contributed by atoms with Crippen LogP contribution in [0.25, 0.3) is 0 Å². The molecule has 184 valence electrons. The van der Waals surface area contributed by atoms with E-state index in [9.17, 15) is 38.4 Å². The van der Waals surface area contributed by atoms with Gasteiger partial charge in [0.25, 0.3) is 0 Å². The minimum Gasteiger partial charge on any atom is -0.481 e. The number of nitrogens with one attached hydrogen (secondary N) is 3. The molecule has 0 bridgehead atoms. The van der Waals surface area contributed by atoms with E-state index in [4.69, 9.17) is 32.5 Å². The highest BCUT2D eigenvalue weighted by Gasteiger charge is 2.33. The molecule has 5 amide bonds. The van der Waals surface area contributed by atoms with Crippen LogP contribution in [0, 0.1) is 0 Å². The molecular formula is C16H24N6O11. The van der Waals surface area contributed by atoms with E-state index in [1.165, 1.54) is 0 Å². The van der Waals surface area contributed by atoms with Crippen LogP contribution in [-0.2, 0) is 38.4 Å². The van der Waals surface area contributed by atoms with Gasteiger partial charge in [0.2, 0.25) is 29.5 Å². The average Bonchev–Trinajstić information content (AvgIpc) is 2.64. The summed E-state index contributed by atoms with van der Waals surface area (Å²) in [5.74, 6) is -10.7. The molecule has 0 saturated carbocycles. The number of carboxylic acid groups (broad SMARTS) is 3. The topological polar surface area (TPSA) is 311 Å². The van der Waals surface area contributed by atoms with Gasteiger partial charge in [-0.1, -0.05) is 0 Å². The van der Waals surface area contributed by atoms with Gasteiger partial charge in [-0.2, -0.15) is 0 Å². The average molecular weight is 476 g/mol. The molecule has 0 aliphatic rings. The van der Waals surface area contributed by atoms with Gasteiger partial charge in [0.1, 0.15) is 18.1 Å². The molecule has 0 heterocycles. The second-order valence-corrected chi connectivity index (χ2v) is 6.66. The molecule has 0 aromatic heterocycles. The normalized spacial score (nSPS) is 14.0. The molecule has 0 saturated heterocycles. The van der Waals surface area contributed by atoms with Gasteiger partial charge in [-0.15, -0.1) is 0 Å². The van der Waals surface area contributed by atoms with Crippen LogP contribution in [0.2, 0.25) is 0 Å². The number of aliphatic carboxylic acids is 3. The van der Waals surface area contributed by atoms with Crippen LogP contribution in [0.15, 0.2) is 0 Å². The van der Waals surface area contributed by atoms with Crippen LogP contribution in [0.4, 0.5) is 0 Å². The van der Waals surface area contributed by atoms with E-state index in [1.807, 2.05) is 10.6 Å². The highest BCUT2D eigenvalue weighted by atomic mass is 16.4. The second kappa shape index (κ2) is 13.2. The highest BCUT2D eigenvalue weighted by molar-refractivity contribution is 5.98. The van der Waals surface area contributed by atoms with Crippen LogP contribution >= 0.6 is 0 Å². The Morgan fingerprint density at radius 2 is 0.939 bits per heavy atom. The zero-order valence-corrected chi connectivity index (χ0v) is 17.0. The summed E-state index contributed by atoms with van der Waals surface area (Å²) in [5.41, 5.74) is 15.3. The molecule has 0 aromatic rings. The van der Waals surface area contributed by atoms with Crippen molar-refractivity contribution in [3.8, 4) is 0 Å². The van der Waals surface area contributed by atoms with E-state index in [1.54, 1.807) is 5.32 Å². The van der Waals surface area contributed by atoms with E-state index in [0.29, 0.717) is 0 Å². The van der Waals surface area contributed by atoms with Crippen molar-refractivity contribution in [3.63, 3.8) is 0 Å². The number of rotatable bonds is 15. The van der Waals surface area contributed by atoms with E-state index in [-0.39, 0.29) is 0 Å². The lowest BCUT2D eigenvalue weighted by atomic mass is 10.1. The number of hydrogen-bond acceptors (Lipinski definition) is 9. The van der Waals surface area contributed by atoms with Crippen molar-refractivity contribution in [2.75, 3.05) is 0 Å². The molecular weight excluding hydrogens is 452 g/mol. The molecule has 0 aliphatic carbocycles. The number of amides is 5. The first kappa shape index (κ1) is 28.7. The number of carboxylic acids is 3. The maximum atomic E-state index is 12.5. The molecule has 33 heavy (non-hydrogen) atoms. The molecule has 0 aliphatic heterocycles. The number of carbonyl (C=O) groups excluding carboxylic acids is 5. The quantitative estimate of drug-likeness (QED) is 0.107. The van der Waals surface area contributed by atoms with E-state index in [2.05, 4.69) is 0 Å². The molecule has 0 spiro atoms. The third-order valence-electron chi connectivity index (χ3n) is 3.80. The Morgan fingerprint density at radius 1 is 0.576 bits per heavy atom. The Balaban J connectivity index is 5.58. The van der Waals surface area contributed by atoms with Gasteiger partial charge in [0.15, 0.2) is 0 Å². The van der Waals surface area contributed by atoms with Crippen LogP contribution in [0.1, 0.15) is 25.7 Å². The minimum atomic E-state index is -1.93. The fraction of sp³-hybridized carbons (Fsp3) is 0.500. The van der Waals surface area contributed by atoms with Crippen molar-refractivity contribution in [2.45, 2.75) is 49.9 Å². The Labute approximate surface area is 185 Å². The van der Waals surface area contributed by atoms with E-state index in [0.717, 1.165) is 0 Å². The lowest BCUT2D eigenvalue weighted by Gasteiger charge is -2.23. The molecule has 17 nitrogen and oxygen atoms in total. The third kappa shape index (κ3) is 11.6. The zero-order valence-electron chi connectivity index (χ0n) is 17.0. The predicted octanol–water partition coefficient (Wildman–Crippen LogP) is -5.45. The molecule has 17 heteroatoms. The maximum Gasteiger partial charge on any atom is 0.326 e. The van der Waals surface area contributed by atoms with Crippen LogP contribution in [0.3, 0.4) is 0 Å². The lowest BCUT2D eigenvalue weighted by Crippen LogP contribution is -2.58. The van der Waals surface area contributed by atoms with Crippen molar-refractivity contribution >= 4 is 47.4 Å². The predicted molar refractivity (Wildman–Crippen MR) is 104 cm³/mol. The maximum absolute atomic E-state index is 12.5. The molecule has 4 atom stereocenters. The summed E-state index contributed by atoms with van der Waals surface area (Å²) in [5, 5.41) is 32.4. The fourth-order valence-corrected chi connectivity index (χ4v) is 2.30. The number of hydrogen-bond donors (Lipinski definition) is 9. The summed E-state index contributed by atoms with van der Waals surface area (Å²) in [4.78, 5) is 91.9. The summed E-state index contributed by atoms with van der Waals surface area (Å²) in [6.07, 6.45) is -3.55. The van der Waals surface area contributed by atoms with Gasteiger partial charge in [0.05, 0.1) is 31.7 Å². The molecule has 4 unspecified atom stereocenters. The lowest BCUT2D eigenvalue weighted by molar-refractivity contribution is -0.147. The number of nitrogens with two attached hydrogens (primary N) is 3. The monoisotopic (exact) mass is 476 g/mol. The standard InChI is InChI=1S/C16H24N6O11/c17-5(1-9(18)23)13(29)20-7(3-11(25)26)15(31)21-6(2-10(19)24)14(30)22-8(16(32)33)4-12(27)28/h5-8H,1-4,17H2,(H2,18,23)(H2,19,24)(H,20,29)(H,21,31)(H,22,30)(H,25,26)(H,27,28)(H,32,33). The summed E-state index contributed by atoms with van der Waals surface area (Å²) < 4.78 is 0. The van der Waals surface area contributed by atoms with Crippen molar-refractivity contribution < 1.29 is 53.7 Å². The Morgan fingerprint density at radius 3 is 1.33 bits per heavy atom. The SMILES string of the molecule is NC(=O)CC(N)C(=O)NC(CC(=O)O)C(=O)NC(CC(N)=O)C(=O)NC(CC(=O)O)C(=O)O. The van der Waals surface area contributed by atoms with Crippen molar-refractivity contribution in [3.05, 3.63) is 0 Å². The summed E-state index contributed by atoms with van der Waals surface area (Å²) >= 11 is 0. The third-order valence-corrected chi connectivity index (χ3v) is 3.80. The number of carbonyl (C=O) groups is 8. The molecule has 0 rings (SSSR count). The number of primary amides is 2.